The summed E-state index contributed by atoms with van der Waals surface area (Å²) in [5, 5.41) is 8.88. The normalized spacial score (nSPS) is 28.4. The molecule has 3 atom stereocenters. The van der Waals surface area contributed by atoms with Gasteiger partial charge in [0.2, 0.25) is 0 Å². The van der Waals surface area contributed by atoms with E-state index in [1.807, 2.05) is 12.3 Å². The van der Waals surface area contributed by atoms with Crippen molar-refractivity contribution in [1.29, 1.82) is 0 Å². The van der Waals surface area contributed by atoms with Gasteiger partial charge >= 0.3 is 0 Å². The number of nitrogens with one attached hydrogen (secondary N) is 1. The molecule has 0 unspecified atom stereocenters. The van der Waals surface area contributed by atoms with Crippen LogP contribution in [0.5, 0.6) is 0 Å². The fourth-order valence-electron chi connectivity index (χ4n) is 4.87. The molecule has 1 N–H and O–H groups in total. The minimum atomic E-state index is -2.86. The average molecular weight is 404 g/mol. The molecule has 0 amide bonds. The van der Waals surface area contributed by atoms with Crippen LogP contribution in [0.2, 0.25) is 0 Å². The molecule has 3 aromatic rings. The zero-order valence-corrected chi connectivity index (χ0v) is 16.7. The monoisotopic (exact) mass is 403 g/mol. The van der Waals surface area contributed by atoms with Gasteiger partial charge in [0.15, 0.2) is 21.1 Å². The SMILES string of the molecule is CC[C@@H]1C[C@H](OC2CCS(=O)(=O)CC2)C[C@H]1c1nnc2cnc3[nH]ccc3n12. The van der Waals surface area contributed by atoms with Crippen molar-refractivity contribution < 1.29 is 13.2 Å². The molecule has 4 heterocycles. The summed E-state index contributed by atoms with van der Waals surface area (Å²) in [4.78, 5) is 7.55. The lowest BCUT2D eigenvalue weighted by Gasteiger charge is -2.25. The standard InChI is InChI=1S/C19H25N5O3S/c1-2-12-9-14(27-13-4-7-28(25,26)8-5-13)10-15(12)19-23-22-17-11-21-18-16(24(17)19)3-6-20-18/h3,6,11-15,20H,2,4-5,7-10H2,1H3/t12-,14+,15-/m1/s1. The van der Waals surface area contributed by atoms with Crippen LogP contribution in [0.3, 0.4) is 0 Å². The lowest BCUT2D eigenvalue weighted by atomic mass is 9.93. The Morgan fingerprint density at radius 2 is 2.04 bits per heavy atom. The number of aromatic amines is 1. The van der Waals surface area contributed by atoms with Crippen LogP contribution in [0.25, 0.3) is 16.8 Å². The summed E-state index contributed by atoms with van der Waals surface area (Å²) in [7, 11) is -2.86. The lowest BCUT2D eigenvalue weighted by molar-refractivity contribution is -0.0148. The molecule has 2 fully saturated rings. The van der Waals surface area contributed by atoms with E-state index in [2.05, 4.69) is 31.5 Å². The Kier molecular flexibility index (Phi) is 4.39. The lowest BCUT2D eigenvalue weighted by Crippen LogP contribution is -2.31. The molecule has 1 aliphatic heterocycles. The van der Waals surface area contributed by atoms with Crippen molar-refractivity contribution in [1.82, 2.24) is 24.6 Å². The number of H-pyrrole nitrogens is 1. The molecule has 5 rings (SSSR count). The van der Waals surface area contributed by atoms with Gasteiger partial charge in [-0.05, 0) is 37.7 Å². The number of rotatable bonds is 4. The fourth-order valence-corrected chi connectivity index (χ4v) is 6.32. The average Bonchev–Trinajstić information content (AvgIpc) is 3.39. The largest absolute Gasteiger partial charge is 0.375 e. The number of aromatic nitrogens is 5. The van der Waals surface area contributed by atoms with Crippen LogP contribution in [-0.2, 0) is 14.6 Å². The van der Waals surface area contributed by atoms with Crippen LogP contribution < -0.4 is 0 Å². The van der Waals surface area contributed by atoms with Crippen molar-refractivity contribution in [3.63, 3.8) is 0 Å². The molecule has 150 valence electrons. The third kappa shape index (κ3) is 3.10. The van der Waals surface area contributed by atoms with Crippen molar-refractivity contribution in [2.75, 3.05) is 11.5 Å². The molecule has 0 spiro atoms. The van der Waals surface area contributed by atoms with Crippen molar-refractivity contribution in [2.24, 2.45) is 5.92 Å². The molecular weight excluding hydrogens is 378 g/mol. The number of hydrogen-bond acceptors (Lipinski definition) is 6. The second-order valence-electron chi connectivity index (χ2n) is 8.08. The van der Waals surface area contributed by atoms with Gasteiger partial charge in [-0.1, -0.05) is 13.3 Å². The zero-order valence-electron chi connectivity index (χ0n) is 15.9. The Morgan fingerprint density at radius 3 is 2.82 bits per heavy atom. The highest BCUT2D eigenvalue weighted by atomic mass is 32.2. The highest BCUT2D eigenvalue weighted by Gasteiger charge is 2.39. The summed E-state index contributed by atoms with van der Waals surface area (Å²) in [6, 6.07) is 2.01. The molecule has 0 bridgehead atoms. The maximum Gasteiger partial charge on any atom is 0.179 e. The summed E-state index contributed by atoms with van der Waals surface area (Å²) in [6.07, 6.45) is 8.01. The number of ether oxygens (including phenoxy) is 1. The van der Waals surface area contributed by atoms with Gasteiger partial charge in [0.05, 0.1) is 35.4 Å². The van der Waals surface area contributed by atoms with E-state index in [1.165, 1.54) is 0 Å². The van der Waals surface area contributed by atoms with Gasteiger partial charge in [0, 0.05) is 12.1 Å². The molecule has 8 nitrogen and oxygen atoms in total. The molecule has 0 aromatic carbocycles. The minimum absolute atomic E-state index is 0.0560. The van der Waals surface area contributed by atoms with Gasteiger partial charge in [0.1, 0.15) is 5.82 Å². The van der Waals surface area contributed by atoms with Gasteiger partial charge in [-0.15, -0.1) is 10.2 Å². The molecule has 3 aromatic heterocycles. The topological polar surface area (TPSA) is 102 Å². The predicted octanol–water partition coefficient (Wildman–Crippen LogP) is 2.47. The van der Waals surface area contributed by atoms with Gasteiger partial charge in [-0.3, -0.25) is 4.40 Å². The van der Waals surface area contributed by atoms with E-state index in [4.69, 9.17) is 4.74 Å². The highest BCUT2D eigenvalue weighted by Crippen LogP contribution is 2.43. The Labute approximate surface area is 163 Å². The molecule has 1 saturated carbocycles. The van der Waals surface area contributed by atoms with E-state index in [-0.39, 0.29) is 29.6 Å². The summed E-state index contributed by atoms with van der Waals surface area (Å²) >= 11 is 0. The van der Waals surface area contributed by atoms with Crippen LogP contribution in [0.1, 0.15) is 50.8 Å². The zero-order chi connectivity index (χ0) is 19.3. The van der Waals surface area contributed by atoms with Crippen molar-refractivity contribution >= 4 is 26.6 Å². The second kappa shape index (κ2) is 6.81. The van der Waals surface area contributed by atoms with E-state index in [0.717, 1.165) is 41.9 Å². The first-order valence-electron chi connectivity index (χ1n) is 10.1. The maximum absolute atomic E-state index is 11.7. The molecule has 9 heteroatoms. The molecular formula is C19H25N5O3S. The van der Waals surface area contributed by atoms with Crippen molar-refractivity contribution in [2.45, 2.75) is 57.2 Å². The molecule has 28 heavy (non-hydrogen) atoms. The van der Waals surface area contributed by atoms with E-state index in [9.17, 15) is 8.42 Å². The van der Waals surface area contributed by atoms with Gasteiger partial charge in [0.25, 0.3) is 0 Å². The minimum Gasteiger partial charge on any atom is -0.375 e. The van der Waals surface area contributed by atoms with Crippen molar-refractivity contribution in [3.8, 4) is 0 Å². The summed E-state index contributed by atoms with van der Waals surface area (Å²) in [5.74, 6) is 2.23. The van der Waals surface area contributed by atoms with E-state index in [1.54, 1.807) is 6.20 Å². The van der Waals surface area contributed by atoms with Crippen LogP contribution in [0.15, 0.2) is 18.5 Å². The first kappa shape index (κ1) is 18.1. The summed E-state index contributed by atoms with van der Waals surface area (Å²) in [6.45, 7) is 2.21. The van der Waals surface area contributed by atoms with Gasteiger partial charge < -0.3 is 9.72 Å². The van der Waals surface area contributed by atoms with E-state index < -0.39 is 9.84 Å². The molecule has 1 aliphatic carbocycles. The van der Waals surface area contributed by atoms with E-state index in [0.29, 0.717) is 18.8 Å². The summed E-state index contributed by atoms with van der Waals surface area (Å²) < 4.78 is 31.8. The molecule has 0 radical (unpaired) electrons. The molecule has 1 saturated heterocycles. The van der Waals surface area contributed by atoms with Crippen LogP contribution in [-0.4, -0.2) is 56.7 Å². The van der Waals surface area contributed by atoms with Crippen LogP contribution in [0.4, 0.5) is 0 Å². The fraction of sp³-hybridized carbons (Fsp3) is 0.632. The van der Waals surface area contributed by atoms with Crippen LogP contribution >= 0.6 is 0 Å². The quantitative estimate of drug-likeness (QED) is 0.718. The Hall–Kier alpha value is -2.00. The second-order valence-corrected chi connectivity index (χ2v) is 10.4. The summed E-state index contributed by atoms with van der Waals surface area (Å²) in [5.41, 5.74) is 2.59. The third-order valence-corrected chi connectivity index (χ3v) is 8.08. The third-order valence-electron chi connectivity index (χ3n) is 6.36. The Bertz CT molecular complexity index is 1090. The maximum atomic E-state index is 11.7. The number of nitrogens with zero attached hydrogens (tertiary/aromatic N) is 4. The number of hydrogen-bond donors (Lipinski definition) is 1. The number of sulfone groups is 1. The Morgan fingerprint density at radius 1 is 1.21 bits per heavy atom. The highest BCUT2D eigenvalue weighted by molar-refractivity contribution is 7.91. The first-order valence-corrected chi connectivity index (χ1v) is 11.9. The van der Waals surface area contributed by atoms with Crippen molar-refractivity contribution in [3.05, 3.63) is 24.3 Å². The van der Waals surface area contributed by atoms with Gasteiger partial charge in [-0.25, -0.2) is 13.4 Å². The number of fused-ring (bicyclic) bond motifs is 3. The van der Waals surface area contributed by atoms with Crippen LogP contribution in [0, 0.1) is 5.92 Å². The van der Waals surface area contributed by atoms with Gasteiger partial charge in [-0.2, -0.15) is 0 Å². The first-order chi connectivity index (χ1) is 13.5. The molecule has 2 aliphatic rings. The smallest absolute Gasteiger partial charge is 0.179 e. The predicted molar refractivity (Wildman–Crippen MR) is 105 cm³/mol. The van der Waals surface area contributed by atoms with E-state index >= 15 is 0 Å². The Balaban J connectivity index is 1.40.